The minimum atomic E-state index is 0.471. The smallest absolute Gasteiger partial charge is 0.229 e. The Morgan fingerprint density at radius 1 is 1.12 bits per heavy atom. The molecule has 6 nitrogen and oxygen atoms in total. The van der Waals surface area contributed by atoms with E-state index < -0.39 is 0 Å². The summed E-state index contributed by atoms with van der Waals surface area (Å²) in [5.41, 5.74) is 0.682. The Morgan fingerprint density at radius 3 is 2.62 bits per heavy atom. The second-order valence-corrected chi connectivity index (χ2v) is 5.62. The summed E-state index contributed by atoms with van der Waals surface area (Å²) in [6, 6.07) is 5.29. The van der Waals surface area contributed by atoms with Crippen molar-refractivity contribution < 1.29 is 9.47 Å². The fraction of sp³-hybridized carbons (Fsp3) is 0.412. The third kappa shape index (κ3) is 4.89. The zero-order chi connectivity index (χ0) is 17.4. The number of hydrogen-bond donors (Lipinski definition) is 2. The van der Waals surface area contributed by atoms with Crippen LogP contribution in [0.25, 0.3) is 0 Å². The Hall–Kier alpha value is -2.21. The van der Waals surface area contributed by atoms with Crippen LogP contribution in [0.3, 0.4) is 0 Å². The lowest BCUT2D eigenvalue weighted by Crippen LogP contribution is -2.06. The van der Waals surface area contributed by atoms with Crippen LogP contribution in [-0.4, -0.2) is 30.7 Å². The van der Waals surface area contributed by atoms with Gasteiger partial charge in [-0.1, -0.05) is 31.4 Å². The van der Waals surface area contributed by atoms with Crippen LogP contribution in [0.2, 0.25) is 5.02 Å². The molecule has 0 fully saturated rings. The van der Waals surface area contributed by atoms with Gasteiger partial charge in [0.15, 0.2) is 0 Å². The molecule has 1 aromatic carbocycles. The van der Waals surface area contributed by atoms with E-state index >= 15 is 0 Å². The Labute approximate surface area is 147 Å². The van der Waals surface area contributed by atoms with Crippen LogP contribution in [0.1, 0.15) is 26.2 Å². The Balaban J connectivity index is 2.13. The number of benzene rings is 1. The van der Waals surface area contributed by atoms with Crippen molar-refractivity contribution >= 4 is 29.1 Å². The maximum absolute atomic E-state index is 6.12. The first kappa shape index (κ1) is 18.1. The minimum Gasteiger partial charge on any atom is -0.495 e. The number of rotatable bonds is 9. The number of ether oxygens (including phenoxy) is 2. The van der Waals surface area contributed by atoms with Gasteiger partial charge < -0.3 is 20.1 Å². The van der Waals surface area contributed by atoms with Crippen LogP contribution in [0.4, 0.5) is 17.5 Å². The lowest BCUT2D eigenvalue weighted by Gasteiger charge is -2.13. The summed E-state index contributed by atoms with van der Waals surface area (Å²) in [5, 5.41) is 6.92. The number of methoxy groups -OCH3 is 2. The van der Waals surface area contributed by atoms with Gasteiger partial charge in [-0.15, -0.1) is 0 Å². The third-order valence-electron chi connectivity index (χ3n) is 3.46. The van der Waals surface area contributed by atoms with Crippen molar-refractivity contribution in [1.29, 1.82) is 0 Å². The van der Waals surface area contributed by atoms with Crippen LogP contribution in [0.5, 0.6) is 11.5 Å². The molecular formula is C17H23ClN4O2. The van der Waals surface area contributed by atoms with Gasteiger partial charge in [-0.2, -0.15) is 4.98 Å². The maximum atomic E-state index is 6.12. The van der Waals surface area contributed by atoms with Crippen molar-refractivity contribution in [3.63, 3.8) is 0 Å². The van der Waals surface area contributed by atoms with Gasteiger partial charge in [0, 0.05) is 24.9 Å². The molecule has 0 unspecified atom stereocenters. The number of halogens is 1. The summed E-state index contributed by atoms with van der Waals surface area (Å²) in [6.07, 6.45) is 5.21. The van der Waals surface area contributed by atoms with Crippen molar-refractivity contribution in [2.75, 3.05) is 31.4 Å². The first-order valence-corrected chi connectivity index (χ1v) is 8.31. The molecule has 2 rings (SSSR count). The molecule has 0 amide bonds. The van der Waals surface area contributed by atoms with Crippen LogP contribution >= 0.6 is 11.6 Å². The average molecular weight is 351 g/mol. The number of aromatic nitrogens is 2. The summed E-state index contributed by atoms with van der Waals surface area (Å²) in [4.78, 5) is 8.70. The summed E-state index contributed by atoms with van der Waals surface area (Å²) < 4.78 is 10.6. The van der Waals surface area contributed by atoms with Gasteiger partial charge in [0.05, 0.1) is 24.9 Å². The van der Waals surface area contributed by atoms with Gasteiger partial charge in [0.2, 0.25) is 5.95 Å². The zero-order valence-electron chi connectivity index (χ0n) is 14.2. The normalized spacial score (nSPS) is 10.3. The molecule has 2 N–H and O–H groups in total. The topological polar surface area (TPSA) is 68.3 Å². The molecular weight excluding hydrogens is 328 g/mol. The van der Waals surface area contributed by atoms with Gasteiger partial charge in [-0.25, -0.2) is 4.98 Å². The molecule has 1 aromatic heterocycles. The van der Waals surface area contributed by atoms with E-state index in [9.17, 15) is 0 Å². The largest absolute Gasteiger partial charge is 0.495 e. The van der Waals surface area contributed by atoms with Gasteiger partial charge in [0.1, 0.15) is 17.3 Å². The minimum absolute atomic E-state index is 0.471. The molecule has 0 saturated carbocycles. The van der Waals surface area contributed by atoms with E-state index in [1.807, 2.05) is 6.07 Å². The molecule has 0 aliphatic carbocycles. The Morgan fingerprint density at radius 2 is 1.92 bits per heavy atom. The van der Waals surface area contributed by atoms with Gasteiger partial charge in [0.25, 0.3) is 0 Å². The van der Waals surface area contributed by atoms with Crippen molar-refractivity contribution in [1.82, 2.24) is 9.97 Å². The molecule has 0 bridgehead atoms. The fourth-order valence-electron chi connectivity index (χ4n) is 2.19. The maximum Gasteiger partial charge on any atom is 0.229 e. The number of nitrogens with one attached hydrogen (secondary N) is 2. The fourth-order valence-corrected chi connectivity index (χ4v) is 2.42. The van der Waals surface area contributed by atoms with Crippen LogP contribution in [-0.2, 0) is 0 Å². The van der Waals surface area contributed by atoms with E-state index in [1.165, 1.54) is 12.8 Å². The average Bonchev–Trinajstić information content (AvgIpc) is 2.60. The molecule has 130 valence electrons. The summed E-state index contributed by atoms with van der Waals surface area (Å²) in [7, 11) is 3.14. The second-order valence-electron chi connectivity index (χ2n) is 5.21. The SMILES string of the molecule is CCCCCNc1ccnc(Nc2cc(OC)c(Cl)cc2OC)n1. The second kappa shape index (κ2) is 9.17. The van der Waals surface area contributed by atoms with E-state index in [0.29, 0.717) is 28.2 Å². The first-order chi connectivity index (χ1) is 11.7. The standard InChI is InChI=1S/C17H23ClN4O2/c1-4-5-6-8-19-16-7-9-20-17(22-16)21-13-11-14(23-2)12(18)10-15(13)24-3/h7,9-11H,4-6,8H2,1-3H3,(H2,19,20,21,22). The highest BCUT2D eigenvalue weighted by Gasteiger charge is 2.11. The molecule has 0 spiro atoms. The zero-order valence-corrected chi connectivity index (χ0v) is 15.0. The number of unbranched alkanes of at least 4 members (excludes halogenated alkanes) is 2. The Kier molecular flexibility index (Phi) is 6.93. The first-order valence-electron chi connectivity index (χ1n) is 7.93. The quantitative estimate of drug-likeness (QED) is 0.649. The van der Waals surface area contributed by atoms with Crippen molar-refractivity contribution in [3.05, 3.63) is 29.4 Å². The molecule has 0 radical (unpaired) electrons. The summed E-state index contributed by atoms with van der Waals surface area (Å²) in [5.74, 6) is 2.39. The molecule has 7 heteroatoms. The summed E-state index contributed by atoms with van der Waals surface area (Å²) >= 11 is 6.12. The van der Waals surface area contributed by atoms with E-state index in [2.05, 4.69) is 27.5 Å². The molecule has 0 aliphatic heterocycles. The van der Waals surface area contributed by atoms with E-state index in [1.54, 1.807) is 32.5 Å². The highest BCUT2D eigenvalue weighted by molar-refractivity contribution is 6.32. The number of anilines is 3. The van der Waals surface area contributed by atoms with Crippen molar-refractivity contribution in [2.45, 2.75) is 26.2 Å². The molecule has 24 heavy (non-hydrogen) atoms. The highest BCUT2D eigenvalue weighted by atomic mass is 35.5. The van der Waals surface area contributed by atoms with E-state index in [4.69, 9.17) is 21.1 Å². The molecule has 0 atom stereocenters. The van der Waals surface area contributed by atoms with Crippen LogP contribution < -0.4 is 20.1 Å². The third-order valence-corrected chi connectivity index (χ3v) is 3.76. The summed E-state index contributed by atoms with van der Waals surface area (Å²) in [6.45, 7) is 3.07. The molecule has 2 aromatic rings. The van der Waals surface area contributed by atoms with Crippen LogP contribution in [0, 0.1) is 0 Å². The molecule has 0 saturated heterocycles. The predicted molar refractivity (Wildman–Crippen MR) is 97.9 cm³/mol. The van der Waals surface area contributed by atoms with Gasteiger partial charge in [-0.05, 0) is 12.5 Å². The predicted octanol–water partition coefficient (Wildman–Crippen LogP) is 4.49. The Bertz CT molecular complexity index is 667. The van der Waals surface area contributed by atoms with Crippen molar-refractivity contribution in [2.24, 2.45) is 0 Å². The lowest BCUT2D eigenvalue weighted by atomic mass is 10.2. The number of nitrogens with zero attached hydrogens (tertiary/aromatic N) is 2. The monoisotopic (exact) mass is 350 g/mol. The molecule has 0 aliphatic rings. The van der Waals surface area contributed by atoms with Gasteiger partial charge >= 0.3 is 0 Å². The van der Waals surface area contributed by atoms with Crippen LogP contribution in [0.15, 0.2) is 24.4 Å². The van der Waals surface area contributed by atoms with E-state index in [-0.39, 0.29) is 0 Å². The lowest BCUT2D eigenvalue weighted by molar-refractivity contribution is 0.405. The van der Waals surface area contributed by atoms with Crippen molar-refractivity contribution in [3.8, 4) is 11.5 Å². The number of hydrogen-bond acceptors (Lipinski definition) is 6. The molecule has 1 heterocycles. The van der Waals surface area contributed by atoms with E-state index in [0.717, 1.165) is 18.8 Å². The highest BCUT2D eigenvalue weighted by Crippen LogP contribution is 2.36. The van der Waals surface area contributed by atoms with Gasteiger partial charge in [-0.3, -0.25) is 0 Å².